The van der Waals surface area contributed by atoms with Gasteiger partial charge in [-0.1, -0.05) is 91.0 Å². The van der Waals surface area contributed by atoms with Crippen LogP contribution in [-0.4, -0.2) is 0 Å². The van der Waals surface area contributed by atoms with Gasteiger partial charge in [-0.2, -0.15) is 0 Å². The Labute approximate surface area is 153 Å². The molecular formula is C18H15Cl2OPPd. The first-order valence-electron chi connectivity index (χ1n) is 6.82. The van der Waals surface area contributed by atoms with Crippen molar-refractivity contribution in [3.63, 3.8) is 0 Å². The Kier molecular flexibility index (Phi) is 7.58. The van der Waals surface area contributed by atoms with Gasteiger partial charge in [0.15, 0.2) is 7.14 Å². The topological polar surface area (TPSA) is 17.1 Å². The molecule has 3 aromatic carbocycles. The van der Waals surface area contributed by atoms with Crippen molar-refractivity contribution in [2.75, 3.05) is 0 Å². The minimum absolute atomic E-state index is 0.106. The van der Waals surface area contributed by atoms with Gasteiger partial charge in [-0.25, -0.2) is 0 Å². The van der Waals surface area contributed by atoms with Gasteiger partial charge >= 0.3 is 35.0 Å². The van der Waals surface area contributed by atoms with Crippen LogP contribution in [0.1, 0.15) is 0 Å². The molecule has 3 aromatic rings. The van der Waals surface area contributed by atoms with E-state index in [-0.39, 0.29) is 15.9 Å². The number of benzene rings is 3. The number of hydrogen-bond donors (Lipinski definition) is 0. The van der Waals surface area contributed by atoms with Crippen LogP contribution in [0.25, 0.3) is 0 Å². The van der Waals surface area contributed by atoms with Crippen LogP contribution in [0.5, 0.6) is 0 Å². The summed E-state index contributed by atoms with van der Waals surface area (Å²) in [6.07, 6.45) is 0. The fraction of sp³-hybridized carbons (Fsp3) is 0. The van der Waals surface area contributed by atoms with Gasteiger partial charge in [0, 0.05) is 15.9 Å². The van der Waals surface area contributed by atoms with Crippen molar-refractivity contribution in [2.24, 2.45) is 0 Å². The van der Waals surface area contributed by atoms with E-state index < -0.39 is 7.14 Å². The molecule has 0 spiro atoms. The summed E-state index contributed by atoms with van der Waals surface area (Å²) in [6, 6.07) is 29.1. The summed E-state index contributed by atoms with van der Waals surface area (Å²) in [7, 11) is 6.85. The number of hydrogen-bond acceptors (Lipinski definition) is 1. The molecule has 0 radical (unpaired) electrons. The van der Waals surface area contributed by atoms with E-state index in [2.05, 4.69) is 0 Å². The van der Waals surface area contributed by atoms with E-state index in [1.54, 1.807) is 0 Å². The number of halogens is 2. The summed E-state index contributed by atoms with van der Waals surface area (Å²) in [5, 5.41) is 2.62. The van der Waals surface area contributed by atoms with Crippen molar-refractivity contribution in [1.29, 1.82) is 0 Å². The van der Waals surface area contributed by atoms with Gasteiger partial charge in [0.05, 0.1) is 0 Å². The van der Waals surface area contributed by atoms with Gasteiger partial charge in [-0.3, -0.25) is 0 Å². The van der Waals surface area contributed by atoms with Crippen LogP contribution in [-0.2, 0) is 20.5 Å². The molecule has 0 aliphatic rings. The van der Waals surface area contributed by atoms with Crippen molar-refractivity contribution in [1.82, 2.24) is 0 Å². The van der Waals surface area contributed by atoms with Crippen LogP contribution in [0.3, 0.4) is 0 Å². The van der Waals surface area contributed by atoms with Crippen molar-refractivity contribution >= 4 is 42.1 Å². The average molecular weight is 456 g/mol. The first-order chi connectivity index (χ1) is 11.2. The molecular weight excluding hydrogens is 440 g/mol. The third-order valence-electron chi connectivity index (χ3n) is 3.36. The zero-order chi connectivity index (χ0) is 16.5. The summed E-state index contributed by atoms with van der Waals surface area (Å²) in [6.45, 7) is 0. The van der Waals surface area contributed by atoms with E-state index >= 15 is 0 Å². The minimum atomic E-state index is -2.78. The first kappa shape index (κ1) is 18.5. The zero-order valence-corrected chi connectivity index (χ0v) is 16.0. The maximum atomic E-state index is 13.8. The summed E-state index contributed by atoms with van der Waals surface area (Å²) in [4.78, 5) is 0. The molecule has 122 valence electrons. The van der Waals surface area contributed by atoms with E-state index in [4.69, 9.17) is 19.1 Å². The van der Waals surface area contributed by atoms with Crippen molar-refractivity contribution in [2.45, 2.75) is 0 Å². The third-order valence-corrected chi connectivity index (χ3v) is 6.44. The Bertz CT molecular complexity index is 648. The Morgan fingerprint density at radius 1 is 0.565 bits per heavy atom. The van der Waals surface area contributed by atoms with Crippen LogP contribution in [0.4, 0.5) is 0 Å². The van der Waals surface area contributed by atoms with Crippen LogP contribution in [0.2, 0.25) is 0 Å². The third kappa shape index (κ3) is 4.57. The number of rotatable bonds is 3. The molecule has 23 heavy (non-hydrogen) atoms. The maximum absolute atomic E-state index is 13.8. The van der Waals surface area contributed by atoms with E-state index in [1.165, 1.54) is 0 Å². The van der Waals surface area contributed by atoms with Gasteiger partial charge in [0.1, 0.15) is 0 Å². The molecule has 0 N–H and O–H groups in total. The van der Waals surface area contributed by atoms with Crippen molar-refractivity contribution in [3.8, 4) is 0 Å². The Morgan fingerprint density at radius 2 is 0.783 bits per heavy atom. The molecule has 0 fully saturated rings. The second-order valence-electron chi connectivity index (χ2n) is 4.66. The normalized spacial score (nSPS) is 10.7. The zero-order valence-electron chi connectivity index (χ0n) is 12.1. The Morgan fingerprint density at radius 3 is 1.00 bits per heavy atom. The molecule has 5 heteroatoms. The molecule has 1 nitrogen and oxygen atoms in total. The Hall–Kier alpha value is -0.868. The fourth-order valence-corrected chi connectivity index (χ4v) is 5.03. The van der Waals surface area contributed by atoms with Crippen LogP contribution in [0, 0.1) is 0 Å². The molecule has 0 aliphatic heterocycles. The SMILES string of the molecule is O=P(c1ccccc1)(c1ccccc1)c1ccccc1.[Cl][Pd][Cl]. The summed E-state index contributed by atoms with van der Waals surface area (Å²) in [5.41, 5.74) is 0. The molecule has 0 atom stereocenters. The second kappa shape index (κ2) is 9.43. The molecule has 0 aliphatic carbocycles. The molecule has 3 rings (SSSR count). The van der Waals surface area contributed by atoms with Crippen molar-refractivity contribution in [3.05, 3.63) is 91.0 Å². The van der Waals surface area contributed by atoms with E-state index in [1.807, 2.05) is 91.0 Å². The monoisotopic (exact) mass is 454 g/mol. The predicted octanol–water partition coefficient (Wildman–Crippen LogP) is 4.70. The Balaban J connectivity index is 0.000000595. The van der Waals surface area contributed by atoms with Crippen LogP contribution < -0.4 is 15.9 Å². The molecule has 0 saturated heterocycles. The predicted molar refractivity (Wildman–Crippen MR) is 97.5 cm³/mol. The first-order valence-corrected chi connectivity index (χ1v) is 12.5. The van der Waals surface area contributed by atoms with Crippen LogP contribution >= 0.6 is 26.2 Å². The van der Waals surface area contributed by atoms with Gasteiger partial charge in [-0.15, -0.1) is 0 Å². The molecule has 0 bridgehead atoms. The molecule has 0 saturated carbocycles. The van der Waals surface area contributed by atoms with E-state index in [0.29, 0.717) is 0 Å². The van der Waals surface area contributed by atoms with Crippen LogP contribution in [0.15, 0.2) is 91.0 Å². The van der Waals surface area contributed by atoms with Gasteiger partial charge in [0.25, 0.3) is 0 Å². The average Bonchev–Trinajstić information content (AvgIpc) is 2.64. The summed E-state index contributed by atoms with van der Waals surface area (Å²) in [5.74, 6) is 0. The van der Waals surface area contributed by atoms with E-state index in [9.17, 15) is 4.57 Å². The van der Waals surface area contributed by atoms with Gasteiger partial charge in [0.2, 0.25) is 0 Å². The van der Waals surface area contributed by atoms with E-state index in [0.717, 1.165) is 15.9 Å². The second-order valence-corrected chi connectivity index (χ2v) is 9.79. The summed E-state index contributed by atoms with van der Waals surface area (Å²) < 4.78 is 13.8. The molecule has 0 amide bonds. The fourth-order valence-electron chi connectivity index (χ4n) is 2.36. The molecule has 0 heterocycles. The standard InChI is InChI=1S/C18H15OP.2ClH.Pd/c19-20(16-10-4-1-5-11-16,17-12-6-2-7-13-17)18-14-8-3-9-15-18;;;/h1-15H;2*1H;/q;;;+2/p-2. The van der Waals surface area contributed by atoms with Crippen molar-refractivity contribution < 1.29 is 20.5 Å². The molecule has 0 aromatic heterocycles. The van der Waals surface area contributed by atoms with Gasteiger partial charge < -0.3 is 4.57 Å². The summed E-state index contributed by atoms with van der Waals surface area (Å²) >= 11 is -0.106. The van der Waals surface area contributed by atoms with Gasteiger partial charge in [-0.05, 0) is 0 Å². The molecule has 0 unspecified atom stereocenters. The quantitative estimate of drug-likeness (QED) is 0.413.